The Labute approximate surface area is 54.6 Å². The predicted molar refractivity (Wildman–Crippen MR) is 33.2 cm³/mol. The summed E-state index contributed by atoms with van der Waals surface area (Å²) in [6.07, 6.45) is -0.991. The van der Waals surface area contributed by atoms with Crippen LogP contribution >= 0.6 is 0 Å². The van der Waals surface area contributed by atoms with Crippen molar-refractivity contribution in [2.24, 2.45) is 0 Å². The van der Waals surface area contributed by atoms with Crippen LogP contribution in [-0.4, -0.2) is 44.4 Å². The Morgan fingerprint density at radius 3 is 2.44 bits per heavy atom. The summed E-state index contributed by atoms with van der Waals surface area (Å²) in [5.74, 6) is 0. The highest BCUT2D eigenvalue weighted by Crippen LogP contribution is 2.13. The van der Waals surface area contributed by atoms with Gasteiger partial charge < -0.3 is 9.64 Å². The van der Waals surface area contributed by atoms with Crippen LogP contribution in [0.1, 0.15) is 0 Å². The second-order valence-corrected chi connectivity index (χ2v) is 2.51. The zero-order valence-corrected chi connectivity index (χ0v) is 5.80. The molecule has 0 aromatic carbocycles. The average molecular weight is 133 g/mol. The summed E-state index contributed by atoms with van der Waals surface area (Å²) in [6.45, 7) is 1.23. The van der Waals surface area contributed by atoms with Gasteiger partial charge in [-0.15, -0.1) is 0 Å². The van der Waals surface area contributed by atoms with Gasteiger partial charge in [-0.05, 0) is 7.05 Å². The fraction of sp³-hybridized carbons (Fsp3) is 1.00. The molecule has 0 aromatic rings. The van der Waals surface area contributed by atoms with Crippen LogP contribution in [0, 0.1) is 0 Å². The van der Waals surface area contributed by atoms with Crippen LogP contribution in [0.3, 0.4) is 0 Å². The second kappa shape index (κ2) is 2.62. The lowest BCUT2D eigenvalue weighted by atomic mass is 10.3. The van der Waals surface area contributed by atoms with Crippen molar-refractivity contribution in [3.63, 3.8) is 0 Å². The third-order valence-electron chi connectivity index (χ3n) is 1.68. The van der Waals surface area contributed by atoms with Gasteiger partial charge in [0, 0.05) is 20.2 Å². The summed E-state index contributed by atoms with van der Waals surface area (Å²) >= 11 is 0. The Balaban J connectivity index is 2.38. The molecular formula is C6H12FNO. The number of nitrogens with zero attached hydrogens (tertiary/aromatic N) is 1. The quantitative estimate of drug-likeness (QED) is 0.509. The summed E-state index contributed by atoms with van der Waals surface area (Å²) < 4.78 is 17.5. The SMILES string of the molecule is CO[C@@H]1CN(C)C[C@H]1F. The van der Waals surface area contributed by atoms with Crippen molar-refractivity contribution in [3.05, 3.63) is 0 Å². The van der Waals surface area contributed by atoms with E-state index in [0.717, 1.165) is 6.54 Å². The molecule has 1 fully saturated rings. The van der Waals surface area contributed by atoms with Crippen molar-refractivity contribution in [2.45, 2.75) is 12.3 Å². The van der Waals surface area contributed by atoms with E-state index in [1.165, 1.54) is 0 Å². The molecule has 0 aromatic heterocycles. The van der Waals surface area contributed by atoms with Crippen molar-refractivity contribution in [1.29, 1.82) is 0 Å². The van der Waals surface area contributed by atoms with E-state index in [0.29, 0.717) is 6.54 Å². The lowest BCUT2D eigenvalue weighted by Gasteiger charge is -2.07. The maximum atomic E-state index is 12.7. The summed E-state index contributed by atoms with van der Waals surface area (Å²) in [5.41, 5.74) is 0. The first-order valence-corrected chi connectivity index (χ1v) is 3.09. The summed E-state index contributed by atoms with van der Waals surface area (Å²) in [7, 11) is 3.45. The van der Waals surface area contributed by atoms with Gasteiger partial charge in [-0.25, -0.2) is 4.39 Å². The van der Waals surface area contributed by atoms with Crippen molar-refractivity contribution in [2.75, 3.05) is 27.2 Å². The average Bonchev–Trinajstić information content (AvgIpc) is 2.10. The highest BCUT2D eigenvalue weighted by atomic mass is 19.1. The molecule has 0 amide bonds. The Bertz CT molecular complexity index is 99.1. The van der Waals surface area contributed by atoms with E-state index in [1.54, 1.807) is 7.11 Å². The maximum absolute atomic E-state index is 12.7. The Morgan fingerprint density at radius 1 is 1.56 bits per heavy atom. The molecule has 0 radical (unpaired) electrons. The molecule has 2 nitrogen and oxygen atoms in total. The lowest BCUT2D eigenvalue weighted by molar-refractivity contribution is 0.0629. The van der Waals surface area contributed by atoms with E-state index in [-0.39, 0.29) is 6.10 Å². The van der Waals surface area contributed by atoms with Gasteiger partial charge in [0.2, 0.25) is 0 Å². The number of alkyl halides is 1. The minimum absolute atomic E-state index is 0.199. The van der Waals surface area contributed by atoms with Gasteiger partial charge >= 0.3 is 0 Å². The van der Waals surface area contributed by atoms with Crippen LogP contribution in [0.4, 0.5) is 4.39 Å². The molecule has 0 bridgehead atoms. The van der Waals surface area contributed by atoms with Gasteiger partial charge in [-0.2, -0.15) is 0 Å². The third-order valence-corrected chi connectivity index (χ3v) is 1.68. The van der Waals surface area contributed by atoms with Crippen LogP contribution < -0.4 is 0 Å². The maximum Gasteiger partial charge on any atom is 0.140 e. The van der Waals surface area contributed by atoms with Crippen LogP contribution in [-0.2, 0) is 4.74 Å². The van der Waals surface area contributed by atoms with Crippen molar-refractivity contribution >= 4 is 0 Å². The largest absolute Gasteiger partial charge is 0.377 e. The first-order valence-electron chi connectivity index (χ1n) is 3.09. The number of likely N-dealkylation sites (tertiary alicyclic amines) is 1. The molecule has 1 heterocycles. The molecule has 1 aliphatic rings. The van der Waals surface area contributed by atoms with E-state index in [9.17, 15) is 4.39 Å². The van der Waals surface area contributed by atoms with Crippen LogP contribution in [0.15, 0.2) is 0 Å². The highest BCUT2D eigenvalue weighted by Gasteiger charge is 2.30. The van der Waals surface area contributed by atoms with E-state index in [1.807, 2.05) is 11.9 Å². The smallest absolute Gasteiger partial charge is 0.140 e. The van der Waals surface area contributed by atoms with E-state index in [2.05, 4.69) is 0 Å². The number of methoxy groups -OCH3 is 1. The van der Waals surface area contributed by atoms with Crippen LogP contribution in [0.25, 0.3) is 0 Å². The first-order chi connectivity index (χ1) is 4.24. The number of hydrogen-bond donors (Lipinski definition) is 0. The minimum atomic E-state index is -0.792. The minimum Gasteiger partial charge on any atom is -0.377 e. The molecule has 0 spiro atoms. The molecule has 1 saturated heterocycles. The normalized spacial score (nSPS) is 37.7. The molecule has 1 rings (SSSR count). The zero-order valence-electron chi connectivity index (χ0n) is 5.80. The molecule has 1 aliphatic heterocycles. The van der Waals surface area contributed by atoms with Crippen LogP contribution in [0.5, 0.6) is 0 Å². The third kappa shape index (κ3) is 1.40. The molecule has 0 N–H and O–H groups in total. The van der Waals surface area contributed by atoms with Gasteiger partial charge in [-0.3, -0.25) is 0 Å². The summed E-state index contributed by atoms with van der Waals surface area (Å²) in [5, 5.41) is 0. The molecule has 54 valence electrons. The highest BCUT2D eigenvalue weighted by molar-refractivity contribution is 4.82. The van der Waals surface area contributed by atoms with Gasteiger partial charge in [0.05, 0.1) is 0 Å². The molecule has 3 heteroatoms. The number of hydrogen-bond acceptors (Lipinski definition) is 2. The molecule has 0 unspecified atom stereocenters. The van der Waals surface area contributed by atoms with E-state index < -0.39 is 6.17 Å². The number of rotatable bonds is 1. The molecule has 0 aliphatic carbocycles. The van der Waals surface area contributed by atoms with Gasteiger partial charge in [-0.1, -0.05) is 0 Å². The van der Waals surface area contributed by atoms with E-state index in [4.69, 9.17) is 4.74 Å². The number of halogens is 1. The molecule has 0 saturated carbocycles. The molecule has 2 atom stereocenters. The zero-order chi connectivity index (χ0) is 6.85. The van der Waals surface area contributed by atoms with Crippen molar-refractivity contribution in [3.8, 4) is 0 Å². The van der Waals surface area contributed by atoms with Crippen LogP contribution in [0.2, 0.25) is 0 Å². The lowest BCUT2D eigenvalue weighted by Crippen LogP contribution is -2.21. The van der Waals surface area contributed by atoms with Crippen molar-refractivity contribution < 1.29 is 9.13 Å². The number of likely N-dealkylation sites (N-methyl/N-ethyl adjacent to an activating group) is 1. The molecular weight excluding hydrogens is 121 g/mol. The summed E-state index contributed by atoms with van der Waals surface area (Å²) in [6, 6.07) is 0. The topological polar surface area (TPSA) is 12.5 Å². The van der Waals surface area contributed by atoms with E-state index >= 15 is 0 Å². The fourth-order valence-electron chi connectivity index (χ4n) is 1.13. The van der Waals surface area contributed by atoms with Gasteiger partial charge in [0.1, 0.15) is 12.3 Å². The van der Waals surface area contributed by atoms with Gasteiger partial charge in [0.15, 0.2) is 0 Å². The Hall–Kier alpha value is -0.150. The van der Waals surface area contributed by atoms with Crippen molar-refractivity contribution in [1.82, 2.24) is 4.90 Å². The predicted octanol–water partition coefficient (Wildman–Crippen LogP) is 0.285. The van der Waals surface area contributed by atoms with Gasteiger partial charge in [0.25, 0.3) is 0 Å². The Kier molecular flexibility index (Phi) is 2.03. The number of ether oxygens (including phenoxy) is 1. The Morgan fingerprint density at radius 2 is 2.22 bits per heavy atom. The fourth-order valence-corrected chi connectivity index (χ4v) is 1.13. The monoisotopic (exact) mass is 133 g/mol. The first kappa shape index (κ1) is 6.96. The summed E-state index contributed by atoms with van der Waals surface area (Å²) in [4.78, 5) is 1.93. The molecule has 9 heavy (non-hydrogen) atoms. The second-order valence-electron chi connectivity index (χ2n) is 2.51. The standard InChI is InChI=1S/C6H12FNO/c1-8-3-5(7)6(4-8)9-2/h5-6H,3-4H2,1-2H3/t5-,6-/m1/s1.